The SMILES string of the molecule is CCOC1(C(NN)c2cccc(CC)c2)CCCCC1. The number of nitrogens with two attached hydrogens (primary N) is 1. The van der Waals surface area contributed by atoms with Gasteiger partial charge in [-0.05, 0) is 37.3 Å². The van der Waals surface area contributed by atoms with Crippen LogP contribution in [0.25, 0.3) is 0 Å². The van der Waals surface area contributed by atoms with Gasteiger partial charge in [-0.15, -0.1) is 0 Å². The molecule has 3 heteroatoms. The first-order valence-corrected chi connectivity index (χ1v) is 7.94. The van der Waals surface area contributed by atoms with E-state index in [-0.39, 0.29) is 11.6 Å². The lowest BCUT2D eigenvalue weighted by molar-refractivity contribution is -0.0913. The Labute approximate surface area is 122 Å². The van der Waals surface area contributed by atoms with Gasteiger partial charge in [-0.1, -0.05) is 50.5 Å². The molecular formula is C17H28N2O. The van der Waals surface area contributed by atoms with Crippen molar-refractivity contribution in [3.05, 3.63) is 35.4 Å². The van der Waals surface area contributed by atoms with Crippen molar-refractivity contribution < 1.29 is 4.74 Å². The summed E-state index contributed by atoms with van der Waals surface area (Å²) in [7, 11) is 0. The molecule has 1 aliphatic rings. The van der Waals surface area contributed by atoms with Gasteiger partial charge in [0.2, 0.25) is 0 Å². The van der Waals surface area contributed by atoms with Crippen molar-refractivity contribution in [3.8, 4) is 0 Å². The van der Waals surface area contributed by atoms with E-state index in [1.165, 1.54) is 30.4 Å². The van der Waals surface area contributed by atoms with Crippen molar-refractivity contribution in [1.82, 2.24) is 5.43 Å². The summed E-state index contributed by atoms with van der Waals surface area (Å²) in [5, 5.41) is 0. The Hall–Kier alpha value is -0.900. The summed E-state index contributed by atoms with van der Waals surface area (Å²) < 4.78 is 6.21. The molecule has 0 spiro atoms. The van der Waals surface area contributed by atoms with E-state index in [0.29, 0.717) is 0 Å². The number of hydrogen-bond acceptors (Lipinski definition) is 3. The highest BCUT2D eigenvalue weighted by Gasteiger charge is 2.41. The number of aryl methyl sites for hydroxylation is 1. The highest BCUT2D eigenvalue weighted by atomic mass is 16.5. The van der Waals surface area contributed by atoms with Gasteiger partial charge in [-0.25, -0.2) is 0 Å². The summed E-state index contributed by atoms with van der Waals surface area (Å²) >= 11 is 0. The summed E-state index contributed by atoms with van der Waals surface area (Å²) in [6.07, 6.45) is 6.99. The van der Waals surface area contributed by atoms with Crippen LogP contribution in [0.1, 0.15) is 63.1 Å². The molecule has 1 aliphatic carbocycles. The topological polar surface area (TPSA) is 47.3 Å². The van der Waals surface area contributed by atoms with Crippen molar-refractivity contribution in [1.29, 1.82) is 0 Å². The van der Waals surface area contributed by atoms with Gasteiger partial charge in [0.25, 0.3) is 0 Å². The third-order valence-corrected chi connectivity index (χ3v) is 4.52. The smallest absolute Gasteiger partial charge is 0.0889 e. The van der Waals surface area contributed by atoms with E-state index in [9.17, 15) is 0 Å². The lowest BCUT2D eigenvalue weighted by Gasteiger charge is -2.43. The summed E-state index contributed by atoms with van der Waals surface area (Å²) in [5.41, 5.74) is 5.50. The molecule has 0 aromatic heterocycles. The van der Waals surface area contributed by atoms with E-state index in [1.807, 2.05) is 0 Å². The molecular weight excluding hydrogens is 248 g/mol. The highest BCUT2D eigenvalue weighted by Crippen LogP contribution is 2.41. The third-order valence-electron chi connectivity index (χ3n) is 4.52. The molecule has 0 radical (unpaired) electrons. The Balaban J connectivity index is 2.31. The lowest BCUT2D eigenvalue weighted by Crippen LogP contribution is -2.49. The van der Waals surface area contributed by atoms with Gasteiger partial charge in [0.05, 0.1) is 11.6 Å². The zero-order valence-corrected chi connectivity index (χ0v) is 12.8. The van der Waals surface area contributed by atoms with Crippen LogP contribution in [0.2, 0.25) is 0 Å². The van der Waals surface area contributed by atoms with Crippen LogP contribution in [0, 0.1) is 0 Å². The number of hydrazine groups is 1. The van der Waals surface area contributed by atoms with Crippen LogP contribution >= 0.6 is 0 Å². The first-order chi connectivity index (χ1) is 9.75. The van der Waals surface area contributed by atoms with Crippen molar-refractivity contribution in [2.24, 2.45) is 5.84 Å². The number of nitrogens with one attached hydrogen (secondary N) is 1. The van der Waals surface area contributed by atoms with E-state index in [4.69, 9.17) is 10.6 Å². The van der Waals surface area contributed by atoms with Crippen LogP contribution in [0.3, 0.4) is 0 Å². The molecule has 0 heterocycles. The minimum absolute atomic E-state index is 0.0780. The maximum atomic E-state index is 6.21. The van der Waals surface area contributed by atoms with E-state index in [0.717, 1.165) is 25.9 Å². The van der Waals surface area contributed by atoms with Crippen LogP contribution in [-0.4, -0.2) is 12.2 Å². The van der Waals surface area contributed by atoms with Gasteiger partial charge in [0, 0.05) is 6.61 Å². The predicted octanol–water partition coefficient (Wildman–Crippen LogP) is 3.49. The molecule has 0 saturated heterocycles. The second-order valence-corrected chi connectivity index (χ2v) is 5.76. The Bertz CT molecular complexity index is 408. The van der Waals surface area contributed by atoms with Gasteiger partial charge in [0.15, 0.2) is 0 Å². The average Bonchev–Trinajstić information content (AvgIpc) is 2.49. The molecule has 20 heavy (non-hydrogen) atoms. The van der Waals surface area contributed by atoms with Gasteiger partial charge in [-0.3, -0.25) is 11.3 Å². The monoisotopic (exact) mass is 276 g/mol. The van der Waals surface area contributed by atoms with Crippen molar-refractivity contribution in [2.45, 2.75) is 64.0 Å². The van der Waals surface area contributed by atoms with Gasteiger partial charge in [0.1, 0.15) is 0 Å². The summed E-state index contributed by atoms with van der Waals surface area (Å²) in [6, 6.07) is 8.81. The first-order valence-electron chi connectivity index (χ1n) is 7.94. The fraction of sp³-hybridized carbons (Fsp3) is 0.647. The van der Waals surface area contributed by atoms with Crippen molar-refractivity contribution in [3.63, 3.8) is 0 Å². The van der Waals surface area contributed by atoms with Crippen LogP contribution < -0.4 is 11.3 Å². The fourth-order valence-electron chi connectivity index (χ4n) is 3.50. The summed E-state index contributed by atoms with van der Waals surface area (Å²) in [5.74, 6) is 5.91. The van der Waals surface area contributed by atoms with Crippen LogP contribution in [0.4, 0.5) is 0 Å². The predicted molar refractivity (Wildman–Crippen MR) is 83.3 cm³/mol. The van der Waals surface area contributed by atoms with Crippen molar-refractivity contribution in [2.75, 3.05) is 6.61 Å². The molecule has 1 aromatic rings. The minimum atomic E-state index is -0.145. The number of hydrogen-bond donors (Lipinski definition) is 2. The lowest BCUT2D eigenvalue weighted by atomic mass is 9.76. The van der Waals surface area contributed by atoms with Gasteiger partial charge < -0.3 is 4.74 Å². The Morgan fingerprint density at radius 2 is 2.00 bits per heavy atom. The quantitative estimate of drug-likeness (QED) is 0.617. The molecule has 1 atom stereocenters. The Kier molecular flexibility index (Phi) is 5.58. The number of rotatable bonds is 6. The van der Waals surface area contributed by atoms with E-state index < -0.39 is 0 Å². The number of benzene rings is 1. The van der Waals surface area contributed by atoms with E-state index in [1.54, 1.807) is 0 Å². The van der Waals surface area contributed by atoms with Crippen LogP contribution in [0.15, 0.2) is 24.3 Å². The Morgan fingerprint density at radius 3 is 2.60 bits per heavy atom. The normalized spacial score (nSPS) is 19.8. The number of ether oxygens (including phenoxy) is 1. The highest BCUT2D eigenvalue weighted by molar-refractivity contribution is 5.28. The molecule has 3 nitrogen and oxygen atoms in total. The second-order valence-electron chi connectivity index (χ2n) is 5.76. The molecule has 0 amide bonds. The molecule has 0 bridgehead atoms. The standard InChI is InChI=1S/C17H28N2O/c1-3-14-9-8-10-15(13-14)16(19-18)17(20-4-2)11-6-5-7-12-17/h8-10,13,16,19H,3-7,11-12,18H2,1-2H3. The third kappa shape index (κ3) is 3.22. The molecule has 1 unspecified atom stereocenters. The fourth-order valence-corrected chi connectivity index (χ4v) is 3.50. The van der Waals surface area contributed by atoms with Gasteiger partial charge >= 0.3 is 0 Å². The molecule has 1 saturated carbocycles. The largest absolute Gasteiger partial charge is 0.373 e. The summed E-state index contributed by atoms with van der Waals surface area (Å²) in [6.45, 7) is 5.00. The van der Waals surface area contributed by atoms with Crippen LogP contribution in [0.5, 0.6) is 0 Å². The summed E-state index contributed by atoms with van der Waals surface area (Å²) in [4.78, 5) is 0. The zero-order valence-electron chi connectivity index (χ0n) is 12.8. The second kappa shape index (κ2) is 7.21. The van der Waals surface area contributed by atoms with E-state index in [2.05, 4.69) is 43.5 Å². The minimum Gasteiger partial charge on any atom is -0.373 e. The maximum absolute atomic E-state index is 6.21. The van der Waals surface area contributed by atoms with Crippen molar-refractivity contribution >= 4 is 0 Å². The maximum Gasteiger partial charge on any atom is 0.0889 e. The Morgan fingerprint density at radius 1 is 1.25 bits per heavy atom. The molecule has 1 fully saturated rings. The molecule has 112 valence electrons. The van der Waals surface area contributed by atoms with E-state index >= 15 is 0 Å². The van der Waals surface area contributed by atoms with Crippen LogP contribution in [-0.2, 0) is 11.2 Å². The molecule has 3 N–H and O–H groups in total. The zero-order chi connectivity index (χ0) is 14.4. The molecule has 2 rings (SSSR count). The molecule has 1 aromatic carbocycles. The van der Waals surface area contributed by atoms with Gasteiger partial charge in [-0.2, -0.15) is 0 Å². The first kappa shape index (κ1) is 15.5. The average molecular weight is 276 g/mol. The molecule has 0 aliphatic heterocycles.